The van der Waals surface area contributed by atoms with Crippen molar-refractivity contribution in [1.82, 2.24) is 14.8 Å². The zero-order valence-corrected chi connectivity index (χ0v) is 17.0. The van der Waals surface area contributed by atoms with E-state index in [2.05, 4.69) is 10.1 Å². The molecule has 26 heavy (non-hydrogen) atoms. The predicted octanol–water partition coefficient (Wildman–Crippen LogP) is 3.05. The van der Waals surface area contributed by atoms with Crippen LogP contribution in [0.25, 0.3) is 5.82 Å². The van der Waals surface area contributed by atoms with Crippen LogP contribution in [-0.4, -0.2) is 38.7 Å². The summed E-state index contributed by atoms with van der Waals surface area (Å²) in [7, 11) is -0.485. The van der Waals surface area contributed by atoms with Crippen LogP contribution in [0.5, 0.6) is 5.88 Å². The zero-order valence-electron chi connectivity index (χ0n) is 17.0. The molecule has 0 atom stereocenters. The Morgan fingerprint density at radius 1 is 1.08 bits per heavy atom. The van der Waals surface area contributed by atoms with E-state index in [1.807, 2.05) is 73.7 Å². The van der Waals surface area contributed by atoms with Crippen LogP contribution in [0.2, 0.25) is 0 Å². The lowest BCUT2D eigenvalue weighted by atomic mass is 9.79. The molecule has 0 bridgehead atoms. The smallest absolute Gasteiger partial charge is 0.472 e. The Kier molecular flexibility index (Phi) is 4.44. The largest absolute Gasteiger partial charge is 0.495 e. The van der Waals surface area contributed by atoms with Crippen LogP contribution in [0, 0.1) is 6.92 Å². The molecule has 140 valence electrons. The Labute approximate surface area is 156 Å². The molecule has 7 heteroatoms. The third-order valence-electron chi connectivity index (χ3n) is 4.69. The summed E-state index contributed by atoms with van der Waals surface area (Å²) in [4.78, 5) is 4.61. The molecule has 1 saturated heterocycles. The van der Waals surface area contributed by atoms with E-state index in [0.29, 0.717) is 11.7 Å². The Bertz CT molecular complexity index is 793. The minimum atomic E-state index is -0.485. The second kappa shape index (κ2) is 6.10. The standard InChI is InChI=1S/C19H28BN3O3/c1-13-11-21-23(12-13)15-9-14(10-16(22-15)24-17(2,3)4)20-25-18(5,6)19(7,8)26-20/h9-12H,1-8H3. The SMILES string of the molecule is Cc1cnn(-c2cc(B3OC(C)(C)C(C)(C)O3)cc(OC(C)(C)C)n2)c1. The van der Waals surface area contributed by atoms with Gasteiger partial charge in [0.1, 0.15) is 5.60 Å². The van der Waals surface area contributed by atoms with Crippen LogP contribution in [0.15, 0.2) is 24.5 Å². The first kappa shape index (κ1) is 18.9. The maximum atomic E-state index is 6.20. The summed E-state index contributed by atoms with van der Waals surface area (Å²) < 4.78 is 20.1. The van der Waals surface area contributed by atoms with Crippen molar-refractivity contribution in [1.29, 1.82) is 0 Å². The second-order valence-corrected chi connectivity index (χ2v) is 8.86. The maximum Gasteiger partial charge on any atom is 0.495 e. The molecule has 2 aromatic heterocycles. The number of aryl methyl sites for hydroxylation is 1. The summed E-state index contributed by atoms with van der Waals surface area (Å²) in [6.45, 7) is 16.1. The third kappa shape index (κ3) is 3.79. The van der Waals surface area contributed by atoms with Crippen LogP contribution in [0.1, 0.15) is 54.0 Å². The normalized spacial score (nSPS) is 19.0. The van der Waals surface area contributed by atoms with Crippen molar-refractivity contribution in [3.63, 3.8) is 0 Å². The van der Waals surface area contributed by atoms with Crippen molar-refractivity contribution in [3.8, 4) is 11.7 Å². The number of ether oxygens (including phenoxy) is 1. The summed E-state index contributed by atoms with van der Waals surface area (Å²) >= 11 is 0. The van der Waals surface area contributed by atoms with Crippen LogP contribution in [0.3, 0.4) is 0 Å². The number of hydrogen-bond donors (Lipinski definition) is 0. The molecule has 0 N–H and O–H groups in total. The average molecular weight is 357 g/mol. The molecule has 1 fully saturated rings. The van der Waals surface area contributed by atoms with Gasteiger partial charge in [-0.05, 0) is 72.5 Å². The topological polar surface area (TPSA) is 58.4 Å². The first-order valence-corrected chi connectivity index (χ1v) is 8.95. The van der Waals surface area contributed by atoms with E-state index in [4.69, 9.17) is 14.0 Å². The van der Waals surface area contributed by atoms with Gasteiger partial charge in [0.15, 0.2) is 5.82 Å². The van der Waals surface area contributed by atoms with Gasteiger partial charge in [-0.1, -0.05) is 0 Å². The van der Waals surface area contributed by atoms with E-state index < -0.39 is 18.3 Å². The van der Waals surface area contributed by atoms with Gasteiger partial charge in [-0.2, -0.15) is 10.1 Å². The molecule has 0 unspecified atom stereocenters. The van der Waals surface area contributed by atoms with E-state index in [9.17, 15) is 0 Å². The Morgan fingerprint density at radius 2 is 1.69 bits per heavy atom. The summed E-state index contributed by atoms with van der Waals surface area (Å²) in [6, 6.07) is 3.82. The fourth-order valence-electron chi connectivity index (χ4n) is 2.65. The highest BCUT2D eigenvalue weighted by Crippen LogP contribution is 2.36. The molecule has 3 rings (SSSR count). The van der Waals surface area contributed by atoms with Crippen molar-refractivity contribution in [2.24, 2.45) is 0 Å². The molecule has 3 heterocycles. The lowest BCUT2D eigenvalue weighted by molar-refractivity contribution is 0.00578. The number of hydrogen-bond acceptors (Lipinski definition) is 5. The van der Waals surface area contributed by atoms with Crippen molar-refractivity contribution in [3.05, 3.63) is 30.1 Å². The van der Waals surface area contributed by atoms with Crippen molar-refractivity contribution in [2.75, 3.05) is 0 Å². The number of rotatable bonds is 3. The van der Waals surface area contributed by atoms with E-state index in [1.54, 1.807) is 10.9 Å². The Balaban J connectivity index is 2.03. The molecule has 2 aromatic rings. The zero-order chi connectivity index (χ0) is 19.3. The van der Waals surface area contributed by atoms with Gasteiger partial charge in [0, 0.05) is 12.3 Å². The number of nitrogens with zero attached hydrogens (tertiary/aromatic N) is 3. The molecule has 0 saturated carbocycles. The first-order chi connectivity index (χ1) is 11.9. The summed E-state index contributed by atoms with van der Waals surface area (Å²) in [5.41, 5.74) is 0.744. The van der Waals surface area contributed by atoms with Gasteiger partial charge in [-0.15, -0.1) is 0 Å². The van der Waals surface area contributed by atoms with Gasteiger partial charge >= 0.3 is 7.12 Å². The van der Waals surface area contributed by atoms with E-state index in [0.717, 1.165) is 11.0 Å². The molecule has 0 amide bonds. The first-order valence-electron chi connectivity index (χ1n) is 8.95. The minimum absolute atomic E-state index is 0.362. The monoisotopic (exact) mass is 357 g/mol. The van der Waals surface area contributed by atoms with Crippen molar-refractivity contribution >= 4 is 12.6 Å². The van der Waals surface area contributed by atoms with Crippen LogP contribution < -0.4 is 10.2 Å². The van der Waals surface area contributed by atoms with Gasteiger partial charge in [0.25, 0.3) is 0 Å². The number of pyridine rings is 1. The number of aromatic nitrogens is 3. The highest BCUT2D eigenvalue weighted by molar-refractivity contribution is 6.62. The molecule has 0 aromatic carbocycles. The minimum Gasteiger partial charge on any atom is -0.472 e. The molecule has 6 nitrogen and oxygen atoms in total. The van der Waals surface area contributed by atoms with Gasteiger partial charge in [0.05, 0.1) is 17.4 Å². The summed E-state index contributed by atoms with van der Waals surface area (Å²) in [5.74, 6) is 1.19. The van der Waals surface area contributed by atoms with Crippen LogP contribution in [0.4, 0.5) is 0 Å². The third-order valence-corrected chi connectivity index (χ3v) is 4.69. The predicted molar refractivity (Wildman–Crippen MR) is 102 cm³/mol. The van der Waals surface area contributed by atoms with Crippen molar-refractivity contribution < 1.29 is 14.0 Å². The van der Waals surface area contributed by atoms with Gasteiger partial charge in [-0.3, -0.25) is 0 Å². The fourth-order valence-corrected chi connectivity index (χ4v) is 2.65. The Hall–Kier alpha value is -1.86. The molecule has 0 radical (unpaired) electrons. The molecular weight excluding hydrogens is 329 g/mol. The van der Waals surface area contributed by atoms with Gasteiger partial charge in [-0.25, -0.2) is 4.68 Å². The average Bonchev–Trinajstić information content (AvgIpc) is 2.98. The van der Waals surface area contributed by atoms with E-state index >= 15 is 0 Å². The summed E-state index contributed by atoms with van der Waals surface area (Å²) in [5, 5.41) is 4.37. The van der Waals surface area contributed by atoms with Crippen LogP contribution in [-0.2, 0) is 9.31 Å². The lowest BCUT2D eigenvalue weighted by Gasteiger charge is -2.32. The second-order valence-electron chi connectivity index (χ2n) is 8.86. The molecule has 0 aliphatic carbocycles. The van der Waals surface area contributed by atoms with E-state index in [-0.39, 0.29) is 5.60 Å². The maximum absolute atomic E-state index is 6.20. The van der Waals surface area contributed by atoms with Crippen LogP contribution >= 0.6 is 0 Å². The molecule has 1 aliphatic heterocycles. The van der Waals surface area contributed by atoms with Crippen molar-refractivity contribution in [2.45, 2.75) is 72.2 Å². The highest BCUT2D eigenvalue weighted by Gasteiger charge is 2.52. The fraction of sp³-hybridized carbons (Fsp3) is 0.579. The summed E-state index contributed by atoms with van der Waals surface area (Å²) in [6.07, 6.45) is 3.73. The molecule has 1 aliphatic rings. The van der Waals surface area contributed by atoms with Gasteiger partial charge in [0.2, 0.25) is 5.88 Å². The molecular formula is C19H28BN3O3. The molecule has 0 spiro atoms. The van der Waals surface area contributed by atoms with E-state index in [1.165, 1.54) is 0 Å². The quantitative estimate of drug-likeness (QED) is 0.791. The highest BCUT2D eigenvalue weighted by atomic mass is 16.7. The Morgan fingerprint density at radius 3 is 2.19 bits per heavy atom. The van der Waals surface area contributed by atoms with Gasteiger partial charge < -0.3 is 14.0 Å². The lowest BCUT2D eigenvalue weighted by Crippen LogP contribution is -2.41.